The van der Waals surface area contributed by atoms with Crippen LogP contribution in [0.25, 0.3) is 0 Å². The summed E-state index contributed by atoms with van der Waals surface area (Å²) in [5, 5.41) is 7.68. The van der Waals surface area contributed by atoms with Crippen molar-refractivity contribution in [2.45, 2.75) is 63.9 Å². The van der Waals surface area contributed by atoms with Crippen LogP contribution in [0, 0.1) is 5.92 Å². The topological polar surface area (TPSA) is 60.2 Å². The number of aromatic nitrogens is 2. The molecule has 1 aliphatic carbocycles. The highest BCUT2D eigenvalue weighted by Gasteiger charge is 2.42. The minimum atomic E-state index is -0.318. The summed E-state index contributed by atoms with van der Waals surface area (Å²) >= 11 is 0. The Morgan fingerprint density at radius 1 is 1.33 bits per heavy atom. The lowest BCUT2D eigenvalue weighted by molar-refractivity contribution is -0.0891. The molecule has 0 amide bonds. The summed E-state index contributed by atoms with van der Waals surface area (Å²) in [5.41, 5.74) is -0.318. The fourth-order valence-electron chi connectivity index (χ4n) is 3.83. The van der Waals surface area contributed by atoms with E-state index in [9.17, 15) is 0 Å². The first-order chi connectivity index (χ1) is 10.2. The monoisotopic (exact) mass is 293 g/mol. The maximum Gasteiger partial charge on any atom is 0.229 e. The first kappa shape index (κ1) is 15.0. The van der Waals surface area contributed by atoms with E-state index < -0.39 is 0 Å². The molecule has 2 heterocycles. The van der Waals surface area contributed by atoms with Crippen LogP contribution in [0.1, 0.15) is 70.0 Å². The molecule has 1 saturated heterocycles. The van der Waals surface area contributed by atoms with Gasteiger partial charge >= 0.3 is 0 Å². The van der Waals surface area contributed by atoms with Crippen molar-refractivity contribution >= 4 is 0 Å². The molecule has 0 aromatic carbocycles. The standard InChI is InChI=1S/C16H27N3O2/c1-3-20-16(8-4-5-12(2)11-16)15-18-14(21-19-15)13-6-9-17-10-7-13/h12-13,17H,3-11H2,1-2H3. The van der Waals surface area contributed by atoms with E-state index in [1.807, 2.05) is 0 Å². The van der Waals surface area contributed by atoms with Gasteiger partial charge in [-0.3, -0.25) is 0 Å². The van der Waals surface area contributed by atoms with Gasteiger partial charge in [-0.2, -0.15) is 4.98 Å². The number of nitrogens with zero attached hydrogens (tertiary/aromatic N) is 2. The molecule has 1 aliphatic heterocycles. The van der Waals surface area contributed by atoms with E-state index in [0.717, 1.165) is 50.5 Å². The Bertz CT molecular complexity index is 452. The van der Waals surface area contributed by atoms with E-state index in [-0.39, 0.29) is 5.60 Å². The smallest absolute Gasteiger partial charge is 0.229 e. The molecule has 2 fully saturated rings. The van der Waals surface area contributed by atoms with E-state index in [1.165, 1.54) is 12.8 Å². The SMILES string of the molecule is CCOC1(c2noc(C3CCNCC3)n2)CCCC(C)C1. The average Bonchev–Trinajstić information content (AvgIpc) is 2.99. The van der Waals surface area contributed by atoms with Gasteiger partial charge in [0.05, 0.1) is 0 Å². The molecule has 0 radical (unpaired) electrons. The highest BCUT2D eigenvalue weighted by molar-refractivity contribution is 5.06. The van der Waals surface area contributed by atoms with Gasteiger partial charge in [-0.1, -0.05) is 18.5 Å². The van der Waals surface area contributed by atoms with E-state index in [1.54, 1.807) is 0 Å². The van der Waals surface area contributed by atoms with Crippen LogP contribution in [0.2, 0.25) is 0 Å². The first-order valence-corrected chi connectivity index (χ1v) is 8.42. The van der Waals surface area contributed by atoms with Crippen molar-refractivity contribution in [1.82, 2.24) is 15.5 Å². The lowest BCUT2D eigenvalue weighted by Crippen LogP contribution is -2.36. The second kappa shape index (κ2) is 6.44. The molecular formula is C16H27N3O2. The predicted octanol–water partition coefficient (Wildman–Crippen LogP) is 2.98. The number of nitrogens with one attached hydrogen (secondary N) is 1. The van der Waals surface area contributed by atoms with Gasteiger partial charge in [-0.05, 0) is 58.0 Å². The Morgan fingerprint density at radius 3 is 2.86 bits per heavy atom. The quantitative estimate of drug-likeness (QED) is 0.924. The normalized spacial score (nSPS) is 31.4. The van der Waals surface area contributed by atoms with Gasteiger partial charge in [0.2, 0.25) is 11.7 Å². The molecule has 2 aliphatic rings. The van der Waals surface area contributed by atoms with E-state index in [2.05, 4.69) is 24.3 Å². The lowest BCUT2D eigenvalue weighted by Gasteiger charge is -2.37. The summed E-state index contributed by atoms with van der Waals surface area (Å²) in [6, 6.07) is 0. The van der Waals surface area contributed by atoms with Crippen LogP contribution in [-0.2, 0) is 10.3 Å². The first-order valence-electron chi connectivity index (χ1n) is 8.42. The molecule has 0 bridgehead atoms. The Labute approximate surface area is 126 Å². The van der Waals surface area contributed by atoms with E-state index in [4.69, 9.17) is 14.2 Å². The van der Waals surface area contributed by atoms with Crippen molar-refractivity contribution < 1.29 is 9.26 Å². The zero-order valence-electron chi connectivity index (χ0n) is 13.2. The minimum Gasteiger partial charge on any atom is -0.367 e. The van der Waals surface area contributed by atoms with Gasteiger partial charge in [0.1, 0.15) is 5.60 Å². The summed E-state index contributed by atoms with van der Waals surface area (Å²) in [7, 11) is 0. The molecule has 118 valence electrons. The van der Waals surface area contributed by atoms with Crippen LogP contribution in [0.15, 0.2) is 4.52 Å². The minimum absolute atomic E-state index is 0.318. The van der Waals surface area contributed by atoms with Crippen LogP contribution in [-0.4, -0.2) is 29.8 Å². The Hall–Kier alpha value is -0.940. The molecule has 3 rings (SSSR count). The van der Waals surface area contributed by atoms with Crippen molar-refractivity contribution in [2.24, 2.45) is 5.92 Å². The third kappa shape index (κ3) is 3.14. The van der Waals surface area contributed by atoms with Crippen LogP contribution in [0.3, 0.4) is 0 Å². The molecule has 1 N–H and O–H groups in total. The molecule has 0 spiro atoms. The molecule has 5 heteroatoms. The van der Waals surface area contributed by atoms with Crippen LogP contribution < -0.4 is 5.32 Å². The number of hydrogen-bond acceptors (Lipinski definition) is 5. The van der Waals surface area contributed by atoms with Gasteiger partial charge in [0.25, 0.3) is 0 Å². The van der Waals surface area contributed by atoms with Crippen LogP contribution in [0.5, 0.6) is 0 Å². The highest BCUT2D eigenvalue weighted by atomic mass is 16.5. The molecule has 2 atom stereocenters. The fraction of sp³-hybridized carbons (Fsp3) is 0.875. The number of hydrogen-bond donors (Lipinski definition) is 1. The number of piperidine rings is 1. The summed E-state index contributed by atoms with van der Waals surface area (Å²) in [4.78, 5) is 4.75. The summed E-state index contributed by atoms with van der Waals surface area (Å²) in [5.74, 6) is 2.66. The van der Waals surface area contributed by atoms with Crippen molar-refractivity contribution in [3.63, 3.8) is 0 Å². The third-order valence-electron chi connectivity index (χ3n) is 4.91. The summed E-state index contributed by atoms with van der Waals surface area (Å²) < 4.78 is 11.7. The zero-order chi connectivity index (χ0) is 14.7. The van der Waals surface area contributed by atoms with E-state index >= 15 is 0 Å². The van der Waals surface area contributed by atoms with Gasteiger partial charge < -0.3 is 14.6 Å². The summed E-state index contributed by atoms with van der Waals surface area (Å²) in [6.45, 7) is 7.12. The molecular weight excluding hydrogens is 266 g/mol. The van der Waals surface area contributed by atoms with Gasteiger partial charge in [0, 0.05) is 12.5 Å². The van der Waals surface area contributed by atoms with Gasteiger partial charge in [0.15, 0.2) is 0 Å². The molecule has 1 saturated carbocycles. The maximum absolute atomic E-state index is 6.13. The van der Waals surface area contributed by atoms with Crippen molar-refractivity contribution in [3.8, 4) is 0 Å². The lowest BCUT2D eigenvalue weighted by atomic mass is 9.78. The van der Waals surface area contributed by atoms with Crippen LogP contribution >= 0.6 is 0 Å². The van der Waals surface area contributed by atoms with Crippen molar-refractivity contribution in [3.05, 3.63) is 11.7 Å². The molecule has 21 heavy (non-hydrogen) atoms. The van der Waals surface area contributed by atoms with E-state index in [0.29, 0.717) is 18.4 Å². The molecule has 1 aromatic rings. The number of rotatable bonds is 4. The Morgan fingerprint density at radius 2 is 2.14 bits per heavy atom. The Kier molecular flexibility index (Phi) is 4.60. The fourth-order valence-corrected chi connectivity index (χ4v) is 3.83. The third-order valence-corrected chi connectivity index (χ3v) is 4.91. The second-order valence-electron chi connectivity index (χ2n) is 6.61. The highest BCUT2D eigenvalue weighted by Crippen LogP contribution is 2.42. The van der Waals surface area contributed by atoms with Gasteiger partial charge in [-0.25, -0.2) is 0 Å². The molecule has 5 nitrogen and oxygen atoms in total. The zero-order valence-corrected chi connectivity index (χ0v) is 13.2. The largest absolute Gasteiger partial charge is 0.367 e. The average molecular weight is 293 g/mol. The number of ether oxygens (including phenoxy) is 1. The van der Waals surface area contributed by atoms with Crippen LogP contribution in [0.4, 0.5) is 0 Å². The van der Waals surface area contributed by atoms with Crippen molar-refractivity contribution in [2.75, 3.05) is 19.7 Å². The maximum atomic E-state index is 6.13. The molecule has 2 unspecified atom stereocenters. The Balaban J connectivity index is 1.81. The second-order valence-corrected chi connectivity index (χ2v) is 6.61. The van der Waals surface area contributed by atoms with Gasteiger partial charge in [-0.15, -0.1) is 0 Å². The summed E-state index contributed by atoms with van der Waals surface area (Å²) in [6.07, 6.45) is 6.63. The predicted molar refractivity (Wildman–Crippen MR) is 80.1 cm³/mol. The van der Waals surface area contributed by atoms with Crippen molar-refractivity contribution in [1.29, 1.82) is 0 Å². The molecule has 1 aromatic heterocycles.